The van der Waals surface area contributed by atoms with Gasteiger partial charge in [0.25, 0.3) is 0 Å². The number of rotatable bonds is 3. The lowest BCUT2D eigenvalue weighted by molar-refractivity contribution is 0.359. The predicted molar refractivity (Wildman–Crippen MR) is 70.7 cm³/mol. The number of nitrogens with one attached hydrogen (secondary N) is 1. The molecule has 1 atom stereocenters. The second-order valence-electron chi connectivity index (χ2n) is 5.12. The molecule has 1 aromatic rings. The van der Waals surface area contributed by atoms with Crippen molar-refractivity contribution in [2.24, 2.45) is 0 Å². The first-order valence-electron chi connectivity index (χ1n) is 6.11. The molecular weight excluding hydrogens is 269 g/mol. The molecule has 1 unspecified atom stereocenters. The Morgan fingerprint density at radius 1 is 1.42 bits per heavy atom. The van der Waals surface area contributed by atoms with Gasteiger partial charge in [0.05, 0.1) is 7.11 Å². The molecule has 2 rings (SSSR count). The summed E-state index contributed by atoms with van der Waals surface area (Å²) in [6.45, 7) is 2.76. The Hall–Kier alpha value is -1.14. The molecule has 4 nitrogen and oxygen atoms in total. The van der Waals surface area contributed by atoms with Crippen LogP contribution in [0.2, 0.25) is 0 Å². The average Bonchev–Trinajstić information content (AvgIpc) is 2.75. The van der Waals surface area contributed by atoms with Crippen molar-refractivity contribution in [2.45, 2.75) is 30.2 Å². The van der Waals surface area contributed by atoms with Crippen LogP contribution in [0.4, 0.5) is 4.39 Å². The minimum Gasteiger partial charge on any atom is -0.495 e. The Morgan fingerprint density at radius 3 is 2.58 bits per heavy atom. The molecule has 1 heterocycles. The van der Waals surface area contributed by atoms with Crippen molar-refractivity contribution < 1.29 is 17.5 Å². The van der Waals surface area contributed by atoms with Crippen LogP contribution in [0.1, 0.15) is 25.3 Å². The maximum absolute atomic E-state index is 13.7. The first-order valence-corrected chi connectivity index (χ1v) is 8.00. The summed E-state index contributed by atoms with van der Waals surface area (Å²) in [5.74, 6) is -0.327. The maximum Gasteiger partial charge on any atom is 0.179 e. The Morgan fingerprint density at radius 2 is 2.11 bits per heavy atom. The summed E-state index contributed by atoms with van der Waals surface area (Å²) in [6.07, 6.45) is 2.83. The minimum absolute atomic E-state index is 0.0973. The number of methoxy groups -OCH3 is 1. The molecule has 1 saturated heterocycles. The van der Waals surface area contributed by atoms with E-state index in [0.29, 0.717) is 5.56 Å². The molecule has 0 aliphatic carbocycles. The Labute approximate surface area is 112 Å². The summed E-state index contributed by atoms with van der Waals surface area (Å²) >= 11 is 0. The smallest absolute Gasteiger partial charge is 0.179 e. The maximum atomic E-state index is 13.7. The molecule has 1 aliphatic rings. The quantitative estimate of drug-likeness (QED) is 0.921. The van der Waals surface area contributed by atoms with E-state index in [-0.39, 0.29) is 10.6 Å². The van der Waals surface area contributed by atoms with Crippen molar-refractivity contribution in [3.63, 3.8) is 0 Å². The first-order chi connectivity index (χ1) is 8.78. The zero-order valence-corrected chi connectivity index (χ0v) is 12.1. The fourth-order valence-electron chi connectivity index (χ4n) is 2.59. The summed E-state index contributed by atoms with van der Waals surface area (Å²) in [5, 5.41) is 3.29. The van der Waals surface area contributed by atoms with Crippen molar-refractivity contribution in [3.05, 3.63) is 23.5 Å². The molecule has 1 aromatic carbocycles. The van der Waals surface area contributed by atoms with E-state index in [2.05, 4.69) is 5.32 Å². The van der Waals surface area contributed by atoms with Crippen LogP contribution in [-0.2, 0) is 15.4 Å². The number of benzene rings is 1. The fourth-order valence-corrected chi connectivity index (χ4v) is 3.45. The van der Waals surface area contributed by atoms with Crippen LogP contribution in [0.3, 0.4) is 0 Å². The first kappa shape index (κ1) is 14.3. The summed E-state index contributed by atoms with van der Waals surface area (Å²) in [7, 11) is -2.13. The summed E-state index contributed by atoms with van der Waals surface area (Å²) in [5.41, 5.74) is 0.111. The molecular formula is C13H18FNO3S. The van der Waals surface area contributed by atoms with Crippen LogP contribution in [0.5, 0.6) is 5.75 Å². The normalized spacial score (nSPS) is 23.6. The standard InChI is InChI=1S/C13H18FNO3S/c1-13(5-4-6-15-13)10-7-9(14)8-11(12(10)18-2)19(3,16)17/h7-8,15H,4-6H2,1-3H3. The molecule has 19 heavy (non-hydrogen) atoms. The molecule has 1 aliphatic heterocycles. The molecule has 6 heteroatoms. The number of hydrogen-bond acceptors (Lipinski definition) is 4. The van der Waals surface area contributed by atoms with Crippen LogP contribution in [0, 0.1) is 5.82 Å². The zero-order valence-electron chi connectivity index (χ0n) is 11.3. The summed E-state index contributed by atoms with van der Waals surface area (Å²) in [4.78, 5) is -0.0973. The van der Waals surface area contributed by atoms with E-state index < -0.39 is 21.2 Å². The van der Waals surface area contributed by atoms with Crippen LogP contribution in [0.25, 0.3) is 0 Å². The third-order valence-corrected chi connectivity index (χ3v) is 4.69. The average molecular weight is 287 g/mol. The van der Waals surface area contributed by atoms with Gasteiger partial charge in [0.15, 0.2) is 9.84 Å². The highest BCUT2D eigenvalue weighted by atomic mass is 32.2. The van der Waals surface area contributed by atoms with Crippen LogP contribution < -0.4 is 10.1 Å². The minimum atomic E-state index is -3.54. The van der Waals surface area contributed by atoms with Gasteiger partial charge >= 0.3 is 0 Å². The third-order valence-electron chi connectivity index (χ3n) is 3.59. The fraction of sp³-hybridized carbons (Fsp3) is 0.538. The summed E-state index contributed by atoms with van der Waals surface area (Å²) < 4.78 is 42.5. The van der Waals surface area contributed by atoms with Gasteiger partial charge in [-0.2, -0.15) is 0 Å². The van der Waals surface area contributed by atoms with Gasteiger partial charge < -0.3 is 10.1 Å². The predicted octanol–water partition coefficient (Wildman–Crippen LogP) is 1.84. The van der Waals surface area contributed by atoms with Crippen molar-refractivity contribution in [2.75, 3.05) is 19.9 Å². The van der Waals surface area contributed by atoms with Crippen molar-refractivity contribution in [1.82, 2.24) is 5.32 Å². The van der Waals surface area contributed by atoms with Gasteiger partial charge in [0, 0.05) is 17.4 Å². The molecule has 1 N–H and O–H groups in total. The van der Waals surface area contributed by atoms with Crippen molar-refractivity contribution >= 4 is 9.84 Å². The van der Waals surface area contributed by atoms with Gasteiger partial charge in [-0.3, -0.25) is 0 Å². The SMILES string of the molecule is COc1c(C2(C)CCCN2)cc(F)cc1S(C)(=O)=O. The van der Waals surface area contributed by atoms with Gasteiger partial charge in [0.1, 0.15) is 16.5 Å². The molecule has 106 valence electrons. The van der Waals surface area contributed by atoms with E-state index in [0.717, 1.165) is 31.7 Å². The van der Waals surface area contributed by atoms with Gasteiger partial charge in [0.2, 0.25) is 0 Å². The topological polar surface area (TPSA) is 55.4 Å². The van der Waals surface area contributed by atoms with Gasteiger partial charge in [-0.15, -0.1) is 0 Å². The lowest BCUT2D eigenvalue weighted by Gasteiger charge is -2.28. The second-order valence-corrected chi connectivity index (χ2v) is 7.10. The number of sulfone groups is 1. The Balaban J connectivity index is 2.71. The van der Waals surface area contributed by atoms with Crippen molar-refractivity contribution in [1.29, 1.82) is 0 Å². The zero-order chi connectivity index (χ0) is 14.3. The largest absolute Gasteiger partial charge is 0.495 e. The van der Waals surface area contributed by atoms with E-state index in [9.17, 15) is 12.8 Å². The molecule has 0 spiro atoms. The molecule has 0 radical (unpaired) electrons. The molecule has 0 aromatic heterocycles. The second kappa shape index (κ2) is 4.76. The lowest BCUT2D eigenvalue weighted by atomic mass is 9.89. The van der Waals surface area contributed by atoms with Crippen molar-refractivity contribution in [3.8, 4) is 5.75 Å². The van der Waals surface area contributed by atoms with E-state index in [1.807, 2.05) is 6.92 Å². The van der Waals surface area contributed by atoms with E-state index >= 15 is 0 Å². The highest BCUT2D eigenvalue weighted by Crippen LogP contribution is 2.40. The lowest BCUT2D eigenvalue weighted by Crippen LogP contribution is -2.34. The Kier molecular flexibility index (Phi) is 3.57. The van der Waals surface area contributed by atoms with E-state index in [4.69, 9.17) is 4.74 Å². The molecule has 0 bridgehead atoms. The monoisotopic (exact) mass is 287 g/mol. The van der Waals surface area contributed by atoms with Crippen LogP contribution in [-0.4, -0.2) is 28.3 Å². The van der Waals surface area contributed by atoms with Crippen LogP contribution >= 0.6 is 0 Å². The van der Waals surface area contributed by atoms with E-state index in [1.54, 1.807) is 0 Å². The van der Waals surface area contributed by atoms with Gasteiger partial charge in [-0.05, 0) is 38.4 Å². The summed E-state index contributed by atoms with van der Waals surface area (Å²) in [6, 6.07) is 2.36. The van der Waals surface area contributed by atoms with Gasteiger partial charge in [-0.1, -0.05) is 0 Å². The van der Waals surface area contributed by atoms with Crippen LogP contribution in [0.15, 0.2) is 17.0 Å². The molecule has 0 saturated carbocycles. The van der Waals surface area contributed by atoms with E-state index in [1.165, 1.54) is 13.2 Å². The van der Waals surface area contributed by atoms with Gasteiger partial charge in [-0.25, -0.2) is 12.8 Å². The number of hydrogen-bond donors (Lipinski definition) is 1. The third kappa shape index (κ3) is 2.60. The Bertz CT molecular complexity index is 592. The molecule has 0 amide bonds. The number of halogens is 1. The highest BCUT2D eigenvalue weighted by Gasteiger charge is 2.35. The molecule has 1 fully saturated rings. The highest BCUT2D eigenvalue weighted by molar-refractivity contribution is 7.90. The number of ether oxygens (including phenoxy) is 1.